The molecule has 0 bridgehead atoms. The van der Waals surface area contributed by atoms with E-state index in [0.717, 1.165) is 24.2 Å². The first kappa shape index (κ1) is 17.4. The molecule has 0 amide bonds. The average Bonchev–Trinajstić information content (AvgIpc) is 2.50. The minimum absolute atomic E-state index is 0.00790. The smallest absolute Gasteiger partial charge is 0.0815 e. The van der Waals surface area contributed by atoms with Crippen LogP contribution in [-0.4, -0.2) is 46.0 Å². The molecule has 0 spiro atoms. The van der Waals surface area contributed by atoms with Crippen LogP contribution in [0.25, 0.3) is 0 Å². The summed E-state index contributed by atoms with van der Waals surface area (Å²) in [7, 11) is 0. The van der Waals surface area contributed by atoms with Gasteiger partial charge in [-0.2, -0.15) is 0 Å². The summed E-state index contributed by atoms with van der Waals surface area (Å²) < 4.78 is 0. The molecule has 0 aliphatic carbocycles. The van der Waals surface area contributed by atoms with Crippen molar-refractivity contribution in [2.45, 2.75) is 57.3 Å². The summed E-state index contributed by atoms with van der Waals surface area (Å²) in [5, 5.41) is 29.5. The summed E-state index contributed by atoms with van der Waals surface area (Å²) in [6.07, 6.45) is 5.51. The standard InChI is InChI=1S/C18H29NO3/c20-14-15-6-8-16(9-7-15)18(22)12-17(21)13-19-10-4-2-1-3-5-11-19/h6-9,17-18,20-22H,1-5,10-14H2. The highest BCUT2D eigenvalue weighted by Crippen LogP contribution is 2.20. The molecule has 0 radical (unpaired) electrons. The van der Waals surface area contributed by atoms with E-state index in [1.54, 1.807) is 0 Å². The predicted octanol–water partition coefficient (Wildman–Crippen LogP) is 2.23. The zero-order valence-corrected chi connectivity index (χ0v) is 13.3. The molecule has 1 aliphatic rings. The van der Waals surface area contributed by atoms with Gasteiger partial charge in [0.25, 0.3) is 0 Å². The molecule has 1 saturated heterocycles. The second-order valence-corrected chi connectivity index (χ2v) is 6.37. The fraction of sp³-hybridized carbons (Fsp3) is 0.667. The Bertz CT molecular complexity index is 413. The van der Waals surface area contributed by atoms with Gasteiger partial charge >= 0.3 is 0 Å². The van der Waals surface area contributed by atoms with Crippen LogP contribution in [0.15, 0.2) is 24.3 Å². The Labute approximate surface area is 133 Å². The molecule has 3 N–H and O–H groups in total. The highest BCUT2D eigenvalue weighted by molar-refractivity contribution is 5.23. The lowest BCUT2D eigenvalue weighted by Crippen LogP contribution is -2.35. The summed E-state index contributed by atoms with van der Waals surface area (Å²) in [5.41, 5.74) is 1.63. The maximum atomic E-state index is 10.3. The molecule has 1 aromatic rings. The number of hydrogen-bond donors (Lipinski definition) is 3. The van der Waals surface area contributed by atoms with E-state index < -0.39 is 12.2 Å². The minimum atomic E-state index is -0.655. The van der Waals surface area contributed by atoms with Crippen molar-refractivity contribution in [3.8, 4) is 0 Å². The number of aliphatic hydroxyl groups is 3. The van der Waals surface area contributed by atoms with Gasteiger partial charge in [0.15, 0.2) is 0 Å². The molecule has 2 rings (SSSR count). The van der Waals surface area contributed by atoms with E-state index >= 15 is 0 Å². The average molecular weight is 307 g/mol. The maximum absolute atomic E-state index is 10.3. The molecule has 0 aromatic heterocycles. The molecule has 124 valence electrons. The summed E-state index contributed by atoms with van der Waals surface area (Å²) in [6.45, 7) is 2.76. The van der Waals surface area contributed by atoms with E-state index in [9.17, 15) is 10.2 Å². The van der Waals surface area contributed by atoms with Gasteiger partial charge in [0.2, 0.25) is 0 Å². The Morgan fingerprint density at radius 2 is 1.50 bits per heavy atom. The Kier molecular flexibility index (Phi) is 7.33. The van der Waals surface area contributed by atoms with E-state index in [4.69, 9.17) is 5.11 Å². The summed E-state index contributed by atoms with van der Waals surface area (Å²) in [5.74, 6) is 0. The third-order valence-corrected chi connectivity index (χ3v) is 4.46. The first-order valence-electron chi connectivity index (χ1n) is 8.47. The van der Waals surface area contributed by atoms with Gasteiger partial charge in [0.1, 0.15) is 0 Å². The normalized spacial score (nSPS) is 20.1. The van der Waals surface area contributed by atoms with Crippen LogP contribution < -0.4 is 0 Å². The number of benzene rings is 1. The second-order valence-electron chi connectivity index (χ2n) is 6.37. The summed E-state index contributed by atoms with van der Waals surface area (Å²) in [6, 6.07) is 7.25. The van der Waals surface area contributed by atoms with Crippen LogP contribution >= 0.6 is 0 Å². The van der Waals surface area contributed by atoms with Crippen molar-refractivity contribution in [2.75, 3.05) is 19.6 Å². The molecule has 0 saturated carbocycles. The van der Waals surface area contributed by atoms with Crippen LogP contribution in [0.5, 0.6) is 0 Å². The van der Waals surface area contributed by atoms with Crippen LogP contribution in [0.3, 0.4) is 0 Å². The van der Waals surface area contributed by atoms with Gasteiger partial charge in [-0.15, -0.1) is 0 Å². The van der Waals surface area contributed by atoms with E-state index in [1.807, 2.05) is 24.3 Å². The van der Waals surface area contributed by atoms with Crippen LogP contribution in [0.4, 0.5) is 0 Å². The minimum Gasteiger partial charge on any atom is -0.392 e. The van der Waals surface area contributed by atoms with Crippen molar-refractivity contribution < 1.29 is 15.3 Å². The van der Waals surface area contributed by atoms with Gasteiger partial charge in [-0.25, -0.2) is 0 Å². The van der Waals surface area contributed by atoms with Crippen LogP contribution in [-0.2, 0) is 6.61 Å². The first-order chi connectivity index (χ1) is 10.7. The van der Waals surface area contributed by atoms with E-state index in [-0.39, 0.29) is 6.61 Å². The Morgan fingerprint density at radius 1 is 0.909 bits per heavy atom. The molecule has 22 heavy (non-hydrogen) atoms. The molecule has 1 fully saturated rings. The molecular weight excluding hydrogens is 278 g/mol. The predicted molar refractivity (Wildman–Crippen MR) is 87.5 cm³/mol. The lowest BCUT2D eigenvalue weighted by atomic mass is 10.0. The summed E-state index contributed by atoms with van der Waals surface area (Å²) in [4.78, 5) is 2.32. The molecule has 1 aromatic carbocycles. The third-order valence-electron chi connectivity index (χ3n) is 4.46. The Hall–Kier alpha value is -0.940. The van der Waals surface area contributed by atoms with Crippen LogP contribution in [0.1, 0.15) is 55.8 Å². The molecule has 2 atom stereocenters. The van der Waals surface area contributed by atoms with Crippen molar-refractivity contribution in [1.82, 2.24) is 4.90 Å². The number of likely N-dealkylation sites (tertiary alicyclic amines) is 1. The topological polar surface area (TPSA) is 63.9 Å². The fourth-order valence-electron chi connectivity index (χ4n) is 3.11. The number of β-amino-alcohol motifs (C(OH)–C–C–N with tert-alkyl or cyclic N) is 1. The molecule has 4 nitrogen and oxygen atoms in total. The lowest BCUT2D eigenvalue weighted by molar-refractivity contribution is 0.0516. The lowest BCUT2D eigenvalue weighted by Gasteiger charge is -2.27. The van der Waals surface area contributed by atoms with E-state index in [1.165, 1.54) is 32.1 Å². The first-order valence-corrected chi connectivity index (χ1v) is 8.47. The van der Waals surface area contributed by atoms with Crippen molar-refractivity contribution in [3.63, 3.8) is 0 Å². The van der Waals surface area contributed by atoms with Gasteiger partial charge < -0.3 is 20.2 Å². The van der Waals surface area contributed by atoms with Gasteiger partial charge in [0, 0.05) is 13.0 Å². The number of hydrogen-bond acceptors (Lipinski definition) is 4. The molecule has 1 aliphatic heterocycles. The SMILES string of the molecule is OCc1ccc(C(O)CC(O)CN2CCCCCCC2)cc1. The van der Waals surface area contributed by atoms with Gasteiger partial charge in [-0.1, -0.05) is 43.5 Å². The van der Waals surface area contributed by atoms with Crippen LogP contribution in [0.2, 0.25) is 0 Å². The quantitative estimate of drug-likeness (QED) is 0.754. The molecule has 1 heterocycles. The third kappa shape index (κ3) is 5.69. The Balaban J connectivity index is 1.80. The second kappa shape index (κ2) is 9.26. The zero-order valence-electron chi connectivity index (χ0n) is 13.3. The number of nitrogens with zero attached hydrogens (tertiary/aromatic N) is 1. The van der Waals surface area contributed by atoms with Crippen molar-refractivity contribution in [3.05, 3.63) is 35.4 Å². The highest BCUT2D eigenvalue weighted by Gasteiger charge is 2.17. The number of rotatable bonds is 6. The molecular formula is C18H29NO3. The number of aliphatic hydroxyl groups excluding tert-OH is 3. The summed E-state index contributed by atoms with van der Waals surface area (Å²) >= 11 is 0. The van der Waals surface area contributed by atoms with Crippen molar-refractivity contribution in [1.29, 1.82) is 0 Å². The highest BCUT2D eigenvalue weighted by atomic mass is 16.3. The largest absolute Gasteiger partial charge is 0.392 e. The maximum Gasteiger partial charge on any atom is 0.0815 e. The monoisotopic (exact) mass is 307 g/mol. The Morgan fingerprint density at radius 3 is 2.09 bits per heavy atom. The van der Waals surface area contributed by atoms with Crippen molar-refractivity contribution >= 4 is 0 Å². The van der Waals surface area contributed by atoms with Gasteiger partial charge in [0.05, 0.1) is 18.8 Å². The molecule has 2 unspecified atom stereocenters. The zero-order chi connectivity index (χ0) is 15.8. The van der Waals surface area contributed by atoms with Gasteiger partial charge in [-0.05, 0) is 37.1 Å². The molecule has 4 heteroatoms. The van der Waals surface area contributed by atoms with E-state index in [2.05, 4.69) is 4.90 Å². The van der Waals surface area contributed by atoms with Crippen molar-refractivity contribution in [2.24, 2.45) is 0 Å². The van der Waals surface area contributed by atoms with Crippen LogP contribution in [0, 0.1) is 0 Å². The van der Waals surface area contributed by atoms with E-state index in [0.29, 0.717) is 13.0 Å². The van der Waals surface area contributed by atoms with Gasteiger partial charge in [-0.3, -0.25) is 0 Å². The fourth-order valence-corrected chi connectivity index (χ4v) is 3.11.